The number of ether oxygens (including phenoxy) is 1. The van der Waals surface area contributed by atoms with Crippen LogP contribution in [0.3, 0.4) is 0 Å². The van der Waals surface area contributed by atoms with Gasteiger partial charge in [0.2, 0.25) is 15.9 Å². The Hall–Kier alpha value is -1.60. The highest BCUT2D eigenvalue weighted by molar-refractivity contribution is 7.89. The molecule has 0 bridgehead atoms. The Balaban J connectivity index is 3.07. The zero-order valence-corrected chi connectivity index (χ0v) is 12.9. The number of carbonyl (C=O) groups is 1. The molecular weight excluding hydrogens is 280 g/mol. The van der Waals surface area contributed by atoms with Gasteiger partial charge in [0, 0.05) is 6.42 Å². The predicted octanol–water partition coefficient (Wildman–Crippen LogP) is 1.72. The molecule has 1 amide bonds. The summed E-state index contributed by atoms with van der Waals surface area (Å²) in [5.74, 6) is 0.155. The first-order chi connectivity index (χ1) is 9.03. The van der Waals surface area contributed by atoms with Gasteiger partial charge >= 0.3 is 0 Å². The summed E-state index contributed by atoms with van der Waals surface area (Å²) in [6, 6.07) is 4.06. The van der Waals surface area contributed by atoms with Crippen LogP contribution in [0.4, 0.5) is 5.69 Å². The molecule has 7 heteroatoms. The molecule has 0 saturated carbocycles. The van der Waals surface area contributed by atoms with Crippen LogP contribution in [0.1, 0.15) is 27.2 Å². The molecule has 0 atom stereocenters. The lowest BCUT2D eigenvalue weighted by Gasteiger charge is -2.18. The van der Waals surface area contributed by atoms with Gasteiger partial charge in [-0.3, -0.25) is 4.79 Å². The smallest absolute Gasteiger partial charge is 0.238 e. The summed E-state index contributed by atoms with van der Waals surface area (Å²) < 4.78 is 27.7. The number of sulfonamides is 1. The van der Waals surface area contributed by atoms with E-state index in [9.17, 15) is 13.2 Å². The van der Waals surface area contributed by atoms with Crippen LogP contribution in [-0.2, 0) is 14.8 Å². The van der Waals surface area contributed by atoms with Crippen LogP contribution in [0.5, 0.6) is 5.75 Å². The van der Waals surface area contributed by atoms with E-state index < -0.39 is 10.0 Å². The molecule has 0 spiro atoms. The van der Waals surface area contributed by atoms with Gasteiger partial charge in [-0.15, -0.1) is 0 Å². The minimum absolute atomic E-state index is 0.0793. The number of anilines is 1. The summed E-state index contributed by atoms with van der Waals surface area (Å²) in [5.41, 5.74) is 0.114. The zero-order valence-electron chi connectivity index (χ0n) is 12.1. The zero-order chi connectivity index (χ0) is 15.6. The fraction of sp³-hybridized carbons (Fsp3) is 0.462. The maximum atomic E-state index is 11.9. The van der Waals surface area contributed by atoms with Crippen molar-refractivity contribution in [2.75, 3.05) is 12.4 Å². The quantitative estimate of drug-likeness (QED) is 0.884. The number of carbonyl (C=O) groups excluding carboxylic acids is 1. The van der Waals surface area contributed by atoms with E-state index in [-0.39, 0.29) is 21.9 Å². The van der Waals surface area contributed by atoms with Crippen molar-refractivity contribution in [1.82, 2.24) is 0 Å². The number of nitrogens with two attached hydrogens (primary N) is 1. The fourth-order valence-electron chi connectivity index (χ4n) is 1.64. The van der Waals surface area contributed by atoms with Gasteiger partial charge in [0.25, 0.3) is 0 Å². The van der Waals surface area contributed by atoms with Crippen molar-refractivity contribution in [1.29, 1.82) is 0 Å². The molecule has 1 rings (SSSR count). The van der Waals surface area contributed by atoms with Crippen LogP contribution in [-0.4, -0.2) is 21.4 Å². The van der Waals surface area contributed by atoms with Crippen molar-refractivity contribution in [3.63, 3.8) is 0 Å². The standard InChI is InChI=1S/C13H20N2O4S/c1-13(2,3)8-12(16)15-10-7-9(20(14,17)18)5-6-11(10)19-4/h5-7H,8H2,1-4H3,(H,15,16)(H2,14,17,18). The summed E-state index contributed by atoms with van der Waals surface area (Å²) in [6.07, 6.45) is 0.301. The molecule has 0 saturated heterocycles. The van der Waals surface area contributed by atoms with E-state index >= 15 is 0 Å². The van der Waals surface area contributed by atoms with Crippen LogP contribution in [0.15, 0.2) is 23.1 Å². The normalized spacial score (nSPS) is 12.1. The summed E-state index contributed by atoms with van der Waals surface area (Å²) in [5, 5.41) is 7.72. The third-order valence-electron chi connectivity index (χ3n) is 2.46. The number of hydrogen-bond acceptors (Lipinski definition) is 4. The van der Waals surface area contributed by atoms with E-state index in [2.05, 4.69) is 5.32 Å². The topological polar surface area (TPSA) is 98.5 Å². The molecule has 112 valence electrons. The van der Waals surface area contributed by atoms with Crippen molar-refractivity contribution in [2.24, 2.45) is 10.6 Å². The van der Waals surface area contributed by atoms with E-state index in [0.717, 1.165) is 0 Å². The van der Waals surface area contributed by atoms with Gasteiger partial charge in [-0.05, 0) is 23.6 Å². The molecule has 6 nitrogen and oxygen atoms in total. The Bertz CT molecular complexity index is 603. The molecule has 20 heavy (non-hydrogen) atoms. The highest BCUT2D eigenvalue weighted by atomic mass is 32.2. The van der Waals surface area contributed by atoms with Gasteiger partial charge in [0.05, 0.1) is 17.7 Å². The van der Waals surface area contributed by atoms with Gasteiger partial charge < -0.3 is 10.1 Å². The second-order valence-electron chi connectivity index (χ2n) is 5.69. The molecule has 0 heterocycles. The number of primary sulfonamides is 1. The van der Waals surface area contributed by atoms with E-state index in [0.29, 0.717) is 12.2 Å². The van der Waals surface area contributed by atoms with Crippen LogP contribution < -0.4 is 15.2 Å². The van der Waals surface area contributed by atoms with Crippen LogP contribution in [0.25, 0.3) is 0 Å². The van der Waals surface area contributed by atoms with Crippen molar-refractivity contribution in [3.05, 3.63) is 18.2 Å². The predicted molar refractivity (Wildman–Crippen MR) is 77.1 cm³/mol. The van der Waals surface area contributed by atoms with Gasteiger partial charge in [0.15, 0.2) is 0 Å². The van der Waals surface area contributed by atoms with Crippen LogP contribution in [0.2, 0.25) is 0 Å². The minimum atomic E-state index is -3.83. The summed E-state index contributed by atoms with van der Waals surface area (Å²) in [6.45, 7) is 5.81. The van der Waals surface area contributed by atoms with Crippen LogP contribution >= 0.6 is 0 Å². The Morgan fingerprint density at radius 3 is 2.40 bits per heavy atom. The molecule has 0 fully saturated rings. The Kier molecular flexibility index (Phi) is 4.77. The van der Waals surface area contributed by atoms with E-state index in [4.69, 9.17) is 9.88 Å². The monoisotopic (exact) mass is 300 g/mol. The first-order valence-electron chi connectivity index (χ1n) is 6.03. The first-order valence-corrected chi connectivity index (χ1v) is 7.58. The van der Waals surface area contributed by atoms with Gasteiger partial charge in [-0.1, -0.05) is 20.8 Å². The number of nitrogens with one attached hydrogen (secondary N) is 1. The van der Waals surface area contributed by atoms with E-state index in [1.807, 2.05) is 20.8 Å². The summed E-state index contributed by atoms with van der Waals surface area (Å²) in [4.78, 5) is 11.8. The lowest BCUT2D eigenvalue weighted by Crippen LogP contribution is -2.20. The Labute approximate surface area is 119 Å². The van der Waals surface area contributed by atoms with Gasteiger partial charge in [-0.2, -0.15) is 0 Å². The Morgan fingerprint density at radius 2 is 1.95 bits per heavy atom. The number of methoxy groups -OCH3 is 1. The van der Waals surface area contributed by atoms with Crippen molar-refractivity contribution in [2.45, 2.75) is 32.1 Å². The van der Waals surface area contributed by atoms with Crippen molar-refractivity contribution >= 4 is 21.6 Å². The van der Waals surface area contributed by atoms with Gasteiger partial charge in [0.1, 0.15) is 5.75 Å². The minimum Gasteiger partial charge on any atom is -0.495 e. The van der Waals surface area contributed by atoms with Crippen molar-refractivity contribution in [3.8, 4) is 5.75 Å². The molecule has 0 aliphatic rings. The van der Waals surface area contributed by atoms with Gasteiger partial charge in [-0.25, -0.2) is 13.6 Å². The number of amides is 1. The third-order valence-corrected chi connectivity index (χ3v) is 3.38. The molecule has 1 aromatic rings. The lowest BCUT2D eigenvalue weighted by atomic mass is 9.92. The first kappa shape index (κ1) is 16.5. The second kappa shape index (κ2) is 5.80. The van der Waals surface area contributed by atoms with Crippen molar-refractivity contribution < 1.29 is 17.9 Å². The highest BCUT2D eigenvalue weighted by Crippen LogP contribution is 2.28. The average molecular weight is 300 g/mol. The molecule has 0 aliphatic heterocycles. The maximum absolute atomic E-state index is 11.9. The second-order valence-corrected chi connectivity index (χ2v) is 7.25. The number of benzene rings is 1. The molecule has 0 unspecified atom stereocenters. The third kappa shape index (κ3) is 4.82. The molecule has 0 aromatic heterocycles. The molecule has 3 N–H and O–H groups in total. The molecule has 1 aromatic carbocycles. The average Bonchev–Trinajstić information content (AvgIpc) is 2.24. The molecular formula is C13H20N2O4S. The van der Waals surface area contributed by atoms with E-state index in [1.165, 1.54) is 25.3 Å². The Morgan fingerprint density at radius 1 is 1.35 bits per heavy atom. The SMILES string of the molecule is COc1ccc(S(N)(=O)=O)cc1NC(=O)CC(C)(C)C. The van der Waals surface area contributed by atoms with E-state index in [1.54, 1.807) is 0 Å². The number of hydrogen-bond donors (Lipinski definition) is 2. The fourth-order valence-corrected chi connectivity index (χ4v) is 2.18. The summed E-state index contributed by atoms with van der Waals surface area (Å²) >= 11 is 0. The van der Waals surface area contributed by atoms with Crippen LogP contribution in [0, 0.1) is 5.41 Å². The largest absolute Gasteiger partial charge is 0.495 e. The number of rotatable bonds is 4. The lowest BCUT2D eigenvalue weighted by molar-refractivity contribution is -0.117. The molecule has 0 aliphatic carbocycles. The molecule has 0 radical (unpaired) electrons. The summed E-state index contributed by atoms with van der Waals surface area (Å²) in [7, 11) is -2.39. The maximum Gasteiger partial charge on any atom is 0.238 e. The highest BCUT2D eigenvalue weighted by Gasteiger charge is 2.18.